The summed E-state index contributed by atoms with van der Waals surface area (Å²) in [6, 6.07) is 69.8. The van der Waals surface area contributed by atoms with E-state index in [4.69, 9.17) is 0 Å². The molecule has 52 heavy (non-hydrogen) atoms. The maximum Gasteiger partial charge on any atom is 0.172 e. The molecule has 8 aromatic carbocycles. The zero-order chi connectivity index (χ0) is 34.6. The summed E-state index contributed by atoms with van der Waals surface area (Å²) in [5, 5.41) is 5.03. The van der Waals surface area contributed by atoms with Gasteiger partial charge in [-0.1, -0.05) is 140 Å². The number of para-hydroxylation sites is 3. The highest BCUT2D eigenvalue weighted by atomic mass is 31.2. The van der Waals surface area contributed by atoms with Crippen molar-refractivity contribution in [3.05, 3.63) is 200 Å². The Morgan fingerprint density at radius 2 is 0.962 bits per heavy atom. The summed E-state index contributed by atoms with van der Waals surface area (Å²) >= 11 is 0. The van der Waals surface area contributed by atoms with Crippen LogP contribution < -0.4 is 20.8 Å². The molecular formula is C48H33N2OP. The van der Waals surface area contributed by atoms with Crippen molar-refractivity contribution in [2.24, 2.45) is 0 Å². The van der Waals surface area contributed by atoms with Gasteiger partial charge in [-0.25, -0.2) is 0 Å². The Hall–Kier alpha value is -6.41. The summed E-state index contributed by atoms with van der Waals surface area (Å²) in [5.74, 6) is 0. The molecule has 1 aliphatic heterocycles. The second kappa shape index (κ2) is 12.1. The lowest BCUT2D eigenvalue weighted by atomic mass is 10.0. The van der Waals surface area contributed by atoms with E-state index in [1.807, 2.05) is 48.5 Å². The third kappa shape index (κ3) is 4.64. The molecular weight excluding hydrogens is 652 g/mol. The second-order valence-corrected chi connectivity index (χ2v) is 16.0. The number of hydrogen-bond acceptors (Lipinski definition) is 2. The van der Waals surface area contributed by atoms with E-state index in [0.717, 1.165) is 77.3 Å². The van der Waals surface area contributed by atoms with E-state index in [-0.39, 0.29) is 0 Å². The number of nitrogens with zero attached hydrogens (tertiary/aromatic N) is 2. The highest BCUT2D eigenvalue weighted by Gasteiger charge is 2.41. The quantitative estimate of drug-likeness (QED) is 0.163. The molecule has 4 heteroatoms. The Kier molecular flexibility index (Phi) is 7.09. The van der Waals surface area contributed by atoms with Crippen molar-refractivity contribution < 1.29 is 4.57 Å². The first-order chi connectivity index (χ1) is 25.7. The predicted octanol–water partition coefficient (Wildman–Crippen LogP) is 11.5. The Morgan fingerprint density at radius 3 is 1.63 bits per heavy atom. The van der Waals surface area contributed by atoms with Gasteiger partial charge in [0.1, 0.15) is 0 Å². The Morgan fingerprint density at radius 1 is 0.423 bits per heavy atom. The third-order valence-electron chi connectivity index (χ3n) is 10.4. The summed E-state index contributed by atoms with van der Waals surface area (Å²) in [7, 11) is -3.08. The lowest BCUT2D eigenvalue weighted by Crippen LogP contribution is -2.20. The maximum atomic E-state index is 15.4. The van der Waals surface area contributed by atoms with Crippen LogP contribution in [0, 0.1) is 0 Å². The van der Waals surface area contributed by atoms with Crippen molar-refractivity contribution in [2.45, 2.75) is 0 Å². The van der Waals surface area contributed by atoms with Gasteiger partial charge in [-0.15, -0.1) is 0 Å². The topological polar surface area (TPSA) is 25.2 Å². The largest absolute Gasteiger partial charge is 0.311 e. The summed E-state index contributed by atoms with van der Waals surface area (Å²) in [5.41, 5.74) is 11.0. The van der Waals surface area contributed by atoms with Crippen LogP contribution in [-0.2, 0) is 4.57 Å². The lowest BCUT2D eigenvalue weighted by molar-refractivity contribution is 0.593. The summed E-state index contributed by atoms with van der Waals surface area (Å²) < 4.78 is 17.7. The number of aromatic nitrogens is 1. The molecule has 3 nitrogen and oxygen atoms in total. The third-order valence-corrected chi connectivity index (χ3v) is 13.5. The van der Waals surface area contributed by atoms with E-state index >= 15 is 4.57 Å². The summed E-state index contributed by atoms with van der Waals surface area (Å²) in [6.07, 6.45) is 0. The van der Waals surface area contributed by atoms with Crippen molar-refractivity contribution in [3.63, 3.8) is 0 Å². The van der Waals surface area contributed by atoms with Gasteiger partial charge in [0.05, 0.1) is 11.0 Å². The van der Waals surface area contributed by atoms with Gasteiger partial charge < -0.3 is 14.0 Å². The molecule has 246 valence electrons. The monoisotopic (exact) mass is 684 g/mol. The smallest absolute Gasteiger partial charge is 0.172 e. The van der Waals surface area contributed by atoms with Crippen molar-refractivity contribution in [1.82, 2.24) is 4.57 Å². The fourth-order valence-electron chi connectivity index (χ4n) is 8.06. The molecule has 9 aromatic rings. The Labute approximate surface area is 303 Å². The second-order valence-electron chi connectivity index (χ2n) is 13.3. The lowest BCUT2D eigenvalue weighted by Gasteiger charge is -2.25. The highest BCUT2D eigenvalue weighted by molar-refractivity contribution is 7.86. The number of fused-ring (bicyclic) bond motifs is 7. The van der Waals surface area contributed by atoms with E-state index in [0.29, 0.717) is 0 Å². The molecule has 0 radical (unpaired) electrons. The molecule has 0 bridgehead atoms. The molecule has 1 aromatic heterocycles. The van der Waals surface area contributed by atoms with Crippen LogP contribution in [-0.4, -0.2) is 4.57 Å². The molecule has 0 fully saturated rings. The zero-order valence-electron chi connectivity index (χ0n) is 28.3. The van der Waals surface area contributed by atoms with Gasteiger partial charge >= 0.3 is 0 Å². The van der Waals surface area contributed by atoms with Crippen molar-refractivity contribution >= 4 is 61.9 Å². The first-order valence-electron chi connectivity index (χ1n) is 17.6. The number of benzene rings is 8. The molecule has 0 N–H and O–H groups in total. The van der Waals surface area contributed by atoms with E-state index in [2.05, 4.69) is 161 Å². The SMILES string of the molecule is O=P1(c2ccccc2)c2ccccc2-c2c1ccc1c3ccccc3n(-c3ccc(-c4ccc(N(c5ccccc5)c5ccccc5)cc4)cc3)c21. The van der Waals surface area contributed by atoms with E-state index in [9.17, 15) is 0 Å². The van der Waals surface area contributed by atoms with Crippen LogP contribution in [0.4, 0.5) is 17.1 Å². The van der Waals surface area contributed by atoms with Gasteiger partial charge in [0.25, 0.3) is 0 Å². The van der Waals surface area contributed by atoms with Gasteiger partial charge in [0.15, 0.2) is 7.14 Å². The molecule has 0 spiro atoms. The average molecular weight is 685 g/mol. The van der Waals surface area contributed by atoms with E-state index in [1.54, 1.807) is 0 Å². The average Bonchev–Trinajstić information content (AvgIpc) is 3.70. The molecule has 0 aliphatic carbocycles. The number of hydrogen-bond donors (Lipinski definition) is 0. The van der Waals surface area contributed by atoms with Crippen molar-refractivity contribution in [1.29, 1.82) is 0 Å². The van der Waals surface area contributed by atoms with Crippen molar-refractivity contribution in [2.75, 3.05) is 4.90 Å². The van der Waals surface area contributed by atoms with Gasteiger partial charge in [0, 0.05) is 55.0 Å². The minimum Gasteiger partial charge on any atom is -0.311 e. The Balaban J connectivity index is 1.10. The van der Waals surface area contributed by atoms with Gasteiger partial charge in [0.2, 0.25) is 0 Å². The summed E-state index contributed by atoms with van der Waals surface area (Å²) in [6.45, 7) is 0. The van der Waals surface area contributed by atoms with Gasteiger partial charge in [-0.3, -0.25) is 0 Å². The van der Waals surface area contributed by atoms with E-state index < -0.39 is 7.14 Å². The van der Waals surface area contributed by atoms with Crippen LogP contribution in [0.1, 0.15) is 0 Å². The van der Waals surface area contributed by atoms with Gasteiger partial charge in [-0.2, -0.15) is 0 Å². The van der Waals surface area contributed by atoms with Crippen LogP contribution in [0.3, 0.4) is 0 Å². The molecule has 1 unspecified atom stereocenters. The number of anilines is 3. The predicted molar refractivity (Wildman–Crippen MR) is 219 cm³/mol. The fourth-order valence-corrected chi connectivity index (χ4v) is 11.1. The zero-order valence-corrected chi connectivity index (χ0v) is 29.2. The normalized spacial score (nSPS) is 14.7. The van der Waals surface area contributed by atoms with Crippen molar-refractivity contribution in [3.8, 4) is 27.9 Å². The first-order valence-corrected chi connectivity index (χ1v) is 19.3. The van der Waals surface area contributed by atoms with Crippen LogP contribution >= 0.6 is 7.14 Å². The number of rotatable bonds is 6. The molecule has 0 saturated heterocycles. The van der Waals surface area contributed by atoms with Crippen LogP contribution in [0.5, 0.6) is 0 Å². The molecule has 10 rings (SSSR count). The molecule has 0 saturated carbocycles. The van der Waals surface area contributed by atoms with Crippen LogP contribution in [0.15, 0.2) is 200 Å². The highest BCUT2D eigenvalue weighted by Crippen LogP contribution is 2.54. The minimum absolute atomic E-state index is 0.870. The minimum atomic E-state index is -3.08. The van der Waals surface area contributed by atoms with Crippen LogP contribution in [0.25, 0.3) is 49.7 Å². The van der Waals surface area contributed by atoms with Crippen LogP contribution in [0.2, 0.25) is 0 Å². The molecule has 0 amide bonds. The standard InChI is InChI=1S/C48H33N2OP/c51-52(40-18-8-3-9-19-40)45-23-13-11-21-43(45)47-46(52)33-32-42-41-20-10-12-22-44(41)50(48(42)47)39-30-26-35(27-31-39)34-24-28-38(29-25-34)49(36-14-4-1-5-15-36)37-16-6-2-7-17-37/h1-33H. The maximum absolute atomic E-state index is 15.4. The first kappa shape index (κ1) is 30.4. The van der Waals surface area contributed by atoms with E-state index in [1.165, 1.54) is 5.39 Å². The molecule has 1 aliphatic rings. The molecule has 1 atom stereocenters. The molecule has 2 heterocycles. The Bertz CT molecular complexity index is 2750. The fraction of sp³-hybridized carbons (Fsp3) is 0. The van der Waals surface area contributed by atoms with Gasteiger partial charge in [-0.05, 0) is 77.4 Å². The summed E-state index contributed by atoms with van der Waals surface area (Å²) in [4.78, 5) is 2.28.